The Balaban J connectivity index is 1.84. The summed E-state index contributed by atoms with van der Waals surface area (Å²) >= 11 is 2.65. The topological polar surface area (TPSA) is 47.2 Å². The van der Waals surface area contributed by atoms with Gasteiger partial charge in [0.05, 0.1) is 20.4 Å². The molecule has 0 aliphatic heterocycles. The lowest BCUT2D eigenvalue weighted by Crippen LogP contribution is -2.16. The van der Waals surface area contributed by atoms with Crippen LogP contribution in [0.5, 0.6) is 0 Å². The lowest BCUT2D eigenvalue weighted by molar-refractivity contribution is 0.0997. The number of fused-ring (bicyclic) bond motifs is 2. The maximum absolute atomic E-state index is 13.5. The number of hydrogen-bond donors (Lipinski definition) is 0. The Labute approximate surface area is 150 Å². The summed E-state index contributed by atoms with van der Waals surface area (Å²) in [6.45, 7) is 2.77. The van der Waals surface area contributed by atoms with Crippen molar-refractivity contribution in [2.75, 3.05) is 0 Å². The van der Waals surface area contributed by atoms with Gasteiger partial charge in [-0.1, -0.05) is 30.4 Å². The number of hydrogen-bond acceptors (Lipinski definition) is 4. The van der Waals surface area contributed by atoms with Crippen LogP contribution in [0.1, 0.15) is 23.1 Å². The fourth-order valence-corrected chi connectivity index (χ4v) is 4.60. The first-order valence-electron chi connectivity index (χ1n) is 7.89. The van der Waals surface area contributed by atoms with E-state index in [0.29, 0.717) is 9.81 Å². The van der Waals surface area contributed by atoms with Crippen molar-refractivity contribution < 1.29 is 9.18 Å². The first-order valence-corrected chi connectivity index (χ1v) is 9.52. The molecule has 0 spiro atoms. The van der Waals surface area contributed by atoms with Gasteiger partial charge in [-0.15, -0.1) is 11.3 Å². The number of nitrogens with zero attached hydrogens (tertiary/aromatic N) is 3. The van der Waals surface area contributed by atoms with E-state index in [9.17, 15) is 9.18 Å². The van der Waals surface area contributed by atoms with Crippen LogP contribution in [0.4, 0.5) is 4.39 Å². The summed E-state index contributed by atoms with van der Waals surface area (Å²) in [5.41, 5.74) is 1.69. The molecular formula is C18H14FN3OS2. The van der Waals surface area contributed by atoms with Gasteiger partial charge in [0, 0.05) is 6.54 Å². The Morgan fingerprint density at radius 3 is 2.84 bits per heavy atom. The Kier molecular flexibility index (Phi) is 4.19. The SMILES string of the molecule is CCCn1c(=NC(=O)c2nc3ccccc3s2)sc2cc(F)ccc21. The van der Waals surface area contributed by atoms with Gasteiger partial charge in [-0.05, 0) is 36.8 Å². The van der Waals surface area contributed by atoms with E-state index in [-0.39, 0.29) is 11.7 Å². The third kappa shape index (κ3) is 3.01. The Bertz CT molecular complexity index is 1120. The predicted molar refractivity (Wildman–Crippen MR) is 99.6 cm³/mol. The molecule has 4 aromatic rings. The molecule has 25 heavy (non-hydrogen) atoms. The molecule has 0 atom stereocenters. The molecule has 0 aliphatic carbocycles. The van der Waals surface area contributed by atoms with Crippen molar-refractivity contribution in [3.05, 3.63) is 58.1 Å². The van der Waals surface area contributed by atoms with Gasteiger partial charge < -0.3 is 4.57 Å². The van der Waals surface area contributed by atoms with E-state index in [0.717, 1.165) is 33.4 Å². The van der Waals surface area contributed by atoms with Crippen molar-refractivity contribution in [2.24, 2.45) is 4.99 Å². The average Bonchev–Trinajstić information content (AvgIpc) is 3.17. The van der Waals surface area contributed by atoms with Gasteiger partial charge in [-0.3, -0.25) is 4.79 Å². The van der Waals surface area contributed by atoms with Crippen LogP contribution in [-0.4, -0.2) is 15.5 Å². The second-order valence-corrected chi connectivity index (χ2v) is 7.59. The molecule has 2 aromatic heterocycles. The zero-order chi connectivity index (χ0) is 17.4. The summed E-state index contributed by atoms with van der Waals surface area (Å²) < 4.78 is 17.2. The van der Waals surface area contributed by atoms with E-state index in [4.69, 9.17) is 0 Å². The van der Waals surface area contributed by atoms with E-state index in [1.165, 1.54) is 34.8 Å². The van der Waals surface area contributed by atoms with Gasteiger partial charge >= 0.3 is 5.91 Å². The molecule has 4 nitrogen and oxygen atoms in total. The van der Waals surface area contributed by atoms with E-state index < -0.39 is 0 Å². The van der Waals surface area contributed by atoms with Crippen LogP contribution in [0.3, 0.4) is 0 Å². The number of aryl methyl sites for hydroxylation is 1. The number of thiazole rings is 2. The van der Waals surface area contributed by atoms with Crippen LogP contribution in [-0.2, 0) is 6.54 Å². The third-order valence-electron chi connectivity index (χ3n) is 3.77. The van der Waals surface area contributed by atoms with E-state index in [2.05, 4.69) is 16.9 Å². The van der Waals surface area contributed by atoms with E-state index in [1.807, 2.05) is 28.8 Å². The maximum Gasteiger partial charge on any atom is 0.308 e. The predicted octanol–water partition coefficient (Wildman–Crippen LogP) is 4.60. The van der Waals surface area contributed by atoms with Gasteiger partial charge in [0.25, 0.3) is 0 Å². The van der Waals surface area contributed by atoms with Crippen LogP contribution < -0.4 is 4.80 Å². The summed E-state index contributed by atoms with van der Waals surface area (Å²) in [5, 5.41) is 0.368. The Morgan fingerprint density at radius 2 is 2.04 bits per heavy atom. The van der Waals surface area contributed by atoms with Gasteiger partial charge in [0.1, 0.15) is 5.82 Å². The molecule has 0 aliphatic rings. The van der Waals surface area contributed by atoms with Crippen LogP contribution >= 0.6 is 22.7 Å². The molecule has 0 N–H and O–H groups in total. The monoisotopic (exact) mass is 371 g/mol. The number of rotatable bonds is 3. The van der Waals surface area contributed by atoms with Crippen molar-refractivity contribution in [3.63, 3.8) is 0 Å². The highest BCUT2D eigenvalue weighted by molar-refractivity contribution is 7.20. The highest BCUT2D eigenvalue weighted by Crippen LogP contribution is 2.23. The van der Waals surface area contributed by atoms with Crippen LogP contribution in [0.2, 0.25) is 0 Å². The molecule has 2 aromatic carbocycles. The number of para-hydroxylation sites is 1. The fraction of sp³-hybridized carbons (Fsp3) is 0.167. The maximum atomic E-state index is 13.5. The minimum absolute atomic E-state index is 0.290. The molecule has 0 radical (unpaired) electrons. The quantitative estimate of drug-likeness (QED) is 0.528. The van der Waals surface area contributed by atoms with Crippen LogP contribution in [0.15, 0.2) is 47.5 Å². The summed E-state index contributed by atoms with van der Waals surface area (Å²) in [6.07, 6.45) is 0.895. The molecule has 0 saturated heterocycles. The molecule has 0 unspecified atom stereocenters. The van der Waals surface area contributed by atoms with Crippen molar-refractivity contribution >= 4 is 49.0 Å². The van der Waals surface area contributed by atoms with Gasteiger partial charge in [-0.25, -0.2) is 9.37 Å². The van der Waals surface area contributed by atoms with Crippen molar-refractivity contribution in [3.8, 4) is 0 Å². The molecule has 126 valence electrons. The number of amides is 1. The third-order valence-corrected chi connectivity index (χ3v) is 5.83. The largest absolute Gasteiger partial charge is 0.316 e. The Morgan fingerprint density at radius 1 is 1.20 bits per heavy atom. The molecule has 0 fully saturated rings. The normalized spacial score (nSPS) is 12.3. The Hall–Kier alpha value is -2.38. The van der Waals surface area contributed by atoms with Crippen molar-refractivity contribution in [1.29, 1.82) is 0 Å². The fourth-order valence-electron chi connectivity index (χ4n) is 2.67. The van der Waals surface area contributed by atoms with Gasteiger partial charge in [0.15, 0.2) is 9.81 Å². The zero-order valence-electron chi connectivity index (χ0n) is 13.4. The second-order valence-electron chi connectivity index (χ2n) is 5.55. The van der Waals surface area contributed by atoms with Crippen molar-refractivity contribution in [2.45, 2.75) is 19.9 Å². The molecule has 2 heterocycles. The summed E-state index contributed by atoms with van der Waals surface area (Å²) in [6, 6.07) is 12.3. The van der Waals surface area contributed by atoms with Gasteiger partial charge in [-0.2, -0.15) is 4.99 Å². The molecular weight excluding hydrogens is 357 g/mol. The minimum Gasteiger partial charge on any atom is -0.316 e. The summed E-state index contributed by atoms with van der Waals surface area (Å²) in [7, 11) is 0. The number of benzene rings is 2. The molecule has 4 rings (SSSR count). The van der Waals surface area contributed by atoms with Crippen molar-refractivity contribution in [1.82, 2.24) is 9.55 Å². The number of aromatic nitrogens is 2. The highest BCUT2D eigenvalue weighted by Gasteiger charge is 2.13. The van der Waals surface area contributed by atoms with E-state index in [1.54, 1.807) is 6.07 Å². The number of halogens is 1. The summed E-state index contributed by atoms with van der Waals surface area (Å²) in [4.78, 5) is 21.8. The second kappa shape index (κ2) is 6.50. The molecule has 0 bridgehead atoms. The first-order chi connectivity index (χ1) is 12.2. The lowest BCUT2D eigenvalue weighted by atomic mass is 10.3. The zero-order valence-corrected chi connectivity index (χ0v) is 15.0. The number of carbonyl (C=O) groups is 1. The van der Waals surface area contributed by atoms with Crippen LogP contribution in [0, 0.1) is 5.82 Å². The first kappa shape index (κ1) is 16.1. The summed E-state index contributed by atoms with van der Waals surface area (Å²) in [5.74, 6) is -0.653. The molecule has 7 heteroatoms. The smallest absolute Gasteiger partial charge is 0.308 e. The molecule has 0 saturated carbocycles. The average molecular weight is 371 g/mol. The molecule has 1 amide bonds. The van der Waals surface area contributed by atoms with E-state index >= 15 is 0 Å². The highest BCUT2D eigenvalue weighted by atomic mass is 32.1. The minimum atomic E-state index is -0.363. The van der Waals surface area contributed by atoms with Gasteiger partial charge in [0.2, 0.25) is 0 Å². The standard InChI is InChI=1S/C18H14FN3OS2/c1-2-9-22-13-8-7-11(19)10-15(13)25-18(22)21-16(23)17-20-12-5-3-4-6-14(12)24-17/h3-8,10H,2,9H2,1H3. The van der Waals surface area contributed by atoms with Crippen LogP contribution in [0.25, 0.3) is 20.4 Å². The lowest BCUT2D eigenvalue weighted by Gasteiger charge is -2.01. The number of carbonyl (C=O) groups excluding carboxylic acids is 1.